The van der Waals surface area contributed by atoms with Gasteiger partial charge >= 0.3 is 0 Å². The Morgan fingerprint density at radius 3 is 2.50 bits per heavy atom. The van der Waals surface area contributed by atoms with E-state index in [2.05, 4.69) is 32.0 Å². The van der Waals surface area contributed by atoms with Crippen LogP contribution in [-0.4, -0.2) is 26.4 Å². The fourth-order valence-corrected chi connectivity index (χ4v) is 4.02. The van der Waals surface area contributed by atoms with Gasteiger partial charge in [-0.2, -0.15) is 0 Å². The number of aryl methyl sites for hydroxylation is 1. The van der Waals surface area contributed by atoms with Crippen LogP contribution in [0, 0.1) is 0 Å². The quantitative estimate of drug-likeness (QED) is 0.812. The Morgan fingerprint density at radius 2 is 1.73 bits per heavy atom. The van der Waals surface area contributed by atoms with Crippen LogP contribution in [0.1, 0.15) is 42.9 Å². The van der Waals surface area contributed by atoms with E-state index in [1.807, 2.05) is 12.1 Å². The minimum atomic E-state index is 0.0602. The highest BCUT2D eigenvalue weighted by Crippen LogP contribution is 2.43. The monoisotopic (exact) mass is 354 g/mol. The number of hydrogen-bond acceptors (Lipinski definition) is 4. The summed E-state index contributed by atoms with van der Waals surface area (Å²) >= 11 is 0. The van der Waals surface area contributed by atoms with Crippen LogP contribution in [0.4, 0.5) is 0 Å². The predicted octanol–water partition coefficient (Wildman–Crippen LogP) is 4.52. The summed E-state index contributed by atoms with van der Waals surface area (Å²) in [4.78, 5) is 0. The van der Waals surface area contributed by atoms with Crippen LogP contribution in [0.15, 0.2) is 30.3 Å². The Labute approximate surface area is 155 Å². The standard InChI is InChI=1S/C22H26O4/c1-13-5-6-15-10-19(22(24-4)12-21(15)25-13)18-9-16-7-8-17(23-3)11-20(16)26-14(18)2/h7-8,10-14,18H,5-6,9H2,1-4H3. The maximum absolute atomic E-state index is 6.24. The summed E-state index contributed by atoms with van der Waals surface area (Å²) in [5, 5.41) is 0. The largest absolute Gasteiger partial charge is 0.497 e. The molecule has 26 heavy (non-hydrogen) atoms. The maximum Gasteiger partial charge on any atom is 0.126 e. The molecular formula is C22H26O4. The molecule has 0 spiro atoms. The zero-order chi connectivity index (χ0) is 18.3. The van der Waals surface area contributed by atoms with Crippen LogP contribution in [0.2, 0.25) is 0 Å². The zero-order valence-corrected chi connectivity index (χ0v) is 15.9. The number of ether oxygens (including phenoxy) is 4. The molecule has 0 saturated carbocycles. The van der Waals surface area contributed by atoms with E-state index in [0.29, 0.717) is 0 Å². The van der Waals surface area contributed by atoms with Crippen molar-refractivity contribution in [3.8, 4) is 23.0 Å². The molecule has 3 unspecified atom stereocenters. The Morgan fingerprint density at radius 1 is 0.923 bits per heavy atom. The molecule has 0 amide bonds. The van der Waals surface area contributed by atoms with E-state index in [9.17, 15) is 0 Å². The summed E-state index contributed by atoms with van der Waals surface area (Å²) in [6.07, 6.45) is 3.34. The molecular weight excluding hydrogens is 328 g/mol. The number of methoxy groups -OCH3 is 2. The van der Waals surface area contributed by atoms with Gasteiger partial charge in [-0.1, -0.05) is 6.07 Å². The van der Waals surface area contributed by atoms with Gasteiger partial charge in [-0.15, -0.1) is 0 Å². The third kappa shape index (κ3) is 2.98. The van der Waals surface area contributed by atoms with E-state index in [-0.39, 0.29) is 18.1 Å². The van der Waals surface area contributed by atoms with Crippen LogP contribution in [0.5, 0.6) is 23.0 Å². The Kier molecular flexibility index (Phi) is 4.43. The summed E-state index contributed by atoms with van der Waals surface area (Å²) in [7, 11) is 3.41. The van der Waals surface area contributed by atoms with Gasteiger partial charge in [0.25, 0.3) is 0 Å². The second-order valence-electron chi connectivity index (χ2n) is 7.28. The minimum Gasteiger partial charge on any atom is -0.497 e. The average molecular weight is 354 g/mol. The lowest BCUT2D eigenvalue weighted by molar-refractivity contribution is 0.164. The van der Waals surface area contributed by atoms with E-state index in [1.165, 1.54) is 16.7 Å². The van der Waals surface area contributed by atoms with E-state index in [4.69, 9.17) is 18.9 Å². The van der Waals surface area contributed by atoms with Gasteiger partial charge in [0.15, 0.2) is 0 Å². The molecule has 138 valence electrons. The lowest BCUT2D eigenvalue weighted by Crippen LogP contribution is -2.29. The molecule has 4 rings (SSSR count). The summed E-state index contributed by atoms with van der Waals surface area (Å²) in [6.45, 7) is 4.25. The molecule has 0 radical (unpaired) electrons. The van der Waals surface area contributed by atoms with Crippen LogP contribution < -0.4 is 18.9 Å². The minimum absolute atomic E-state index is 0.0602. The molecule has 0 fully saturated rings. The molecule has 0 aromatic heterocycles. The van der Waals surface area contributed by atoms with Crippen molar-refractivity contribution in [3.63, 3.8) is 0 Å². The predicted molar refractivity (Wildman–Crippen MR) is 101 cm³/mol. The summed E-state index contributed by atoms with van der Waals surface area (Å²) < 4.78 is 23.3. The number of rotatable bonds is 3. The van der Waals surface area contributed by atoms with Crippen LogP contribution in [0.3, 0.4) is 0 Å². The van der Waals surface area contributed by atoms with Crippen LogP contribution in [0.25, 0.3) is 0 Å². The van der Waals surface area contributed by atoms with Crippen molar-refractivity contribution in [2.45, 2.75) is 51.2 Å². The van der Waals surface area contributed by atoms with E-state index < -0.39 is 0 Å². The van der Waals surface area contributed by atoms with Crippen molar-refractivity contribution in [2.24, 2.45) is 0 Å². The molecule has 0 bridgehead atoms. The van der Waals surface area contributed by atoms with Crippen molar-refractivity contribution >= 4 is 0 Å². The van der Waals surface area contributed by atoms with Crippen LogP contribution >= 0.6 is 0 Å². The number of benzene rings is 2. The average Bonchev–Trinajstić information content (AvgIpc) is 2.65. The smallest absolute Gasteiger partial charge is 0.126 e. The SMILES string of the molecule is COc1ccc2c(c1)OC(C)C(c1cc3c(cc1OC)OC(C)CC3)C2. The highest BCUT2D eigenvalue weighted by molar-refractivity contribution is 5.51. The summed E-state index contributed by atoms with van der Waals surface area (Å²) in [5.41, 5.74) is 3.68. The second kappa shape index (κ2) is 6.75. The highest BCUT2D eigenvalue weighted by Gasteiger charge is 2.32. The molecule has 4 heteroatoms. The summed E-state index contributed by atoms with van der Waals surface area (Å²) in [5.74, 6) is 3.83. The molecule has 0 N–H and O–H groups in total. The van der Waals surface area contributed by atoms with E-state index in [1.54, 1.807) is 14.2 Å². The number of hydrogen-bond donors (Lipinski definition) is 0. The Bertz CT molecular complexity index is 814. The van der Waals surface area contributed by atoms with Gasteiger partial charge in [0.1, 0.15) is 29.1 Å². The first-order valence-corrected chi connectivity index (χ1v) is 9.30. The number of fused-ring (bicyclic) bond motifs is 2. The first-order valence-electron chi connectivity index (χ1n) is 9.30. The Balaban J connectivity index is 1.70. The van der Waals surface area contributed by atoms with Gasteiger partial charge in [0.05, 0.1) is 20.3 Å². The van der Waals surface area contributed by atoms with Gasteiger partial charge < -0.3 is 18.9 Å². The molecule has 0 saturated heterocycles. The fourth-order valence-electron chi connectivity index (χ4n) is 4.02. The molecule has 2 heterocycles. The van der Waals surface area contributed by atoms with E-state index in [0.717, 1.165) is 42.3 Å². The lowest BCUT2D eigenvalue weighted by Gasteiger charge is -2.34. The van der Waals surface area contributed by atoms with Gasteiger partial charge in [-0.25, -0.2) is 0 Å². The van der Waals surface area contributed by atoms with E-state index >= 15 is 0 Å². The van der Waals surface area contributed by atoms with Crippen LogP contribution in [-0.2, 0) is 12.8 Å². The lowest BCUT2D eigenvalue weighted by atomic mass is 9.83. The highest BCUT2D eigenvalue weighted by atomic mass is 16.5. The normalized spacial score (nSPS) is 23.9. The first-order chi connectivity index (χ1) is 12.6. The first kappa shape index (κ1) is 17.1. The maximum atomic E-state index is 6.24. The molecule has 2 aliphatic heterocycles. The topological polar surface area (TPSA) is 36.9 Å². The molecule has 4 nitrogen and oxygen atoms in total. The van der Waals surface area contributed by atoms with Gasteiger partial charge in [-0.3, -0.25) is 0 Å². The van der Waals surface area contributed by atoms with Gasteiger partial charge in [0, 0.05) is 23.6 Å². The Hall–Kier alpha value is -2.36. The van der Waals surface area contributed by atoms with Crippen molar-refractivity contribution in [1.29, 1.82) is 0 Å². The molecule has 2 aliphatic rings. The fraction of sp³-hybridized carbons (Fsp3) is 0.455. The summed E-state index contributed by atoms with van der Waals surface area (Å²) in [6, 6.07) is 10.4. The van der Waals surface area contributed by atoms with Crippen molar-refractivity contribution in [3.05, 3.63) is 47.0 Å². The third-order valence-electron chi connectivity index (χ3n) is 5.55. The van der Waals surface area contributed by atoms with Crippen molar-refractivity contribution in [2.75, 3.05) is 14.2 Å². The van der Waals surface area contributed by atoms with Crippen molar-refractivity contribution < 1.29 is 18.9 Å². The molecule has 3 atom stereocenters. The molecule has 2 aromatic rings. The van der Waals surface area contributed by atoms with Crippen molar-refractivity contribution in [1.82, 2.24) is 0 Å². The van der Waals surface area contributed by atoms with Gasteiger partial charge in [-0.05, 0) is 56.4 Å². The third-order valence-corrected chi connectivity index (χ3v) is 5.55. The molecule has 2 aromatic carbocycles. The zero-order valence-electron chi connectivity index (χ0n) is 15.9. The van der Waals surface area contributed by atoms with Gasteiger partial charge in [0.2, 0.25) is 0 Å². The second-order valence-corrected chi connectivity index (χ2v) is 7.28. The molecule has 0 aliphatic carbocycles.